The predicted octanol–water partition coefficient (Wildman–Crippen LogP) is 5.34. The second-order valence-electron chi connectivity index (χ2n) is 4.64. The summed E-state index contributed by atoms with van der Waals surface area (Å²) in [7, 11) is 0. The third kappa shape index (κ3) is 4.75. The van der Waals surface area contributed by atoms with Gasteiger partial charge in [0, 0.05) is 10.5 Å². The lowest BCUT2D eigenvalue weighted by Gasteiger charge is -2.17. The molecule has 1 nitrogen and oxygen atoms in total. The molecule has 90 valence electrons. The highest BCUT2D eigenvalue weighted by atomic mass is 79.9. The first-order valence-corrected chi connectivity index (χ1v) is 6.87. The monoisotopic (exact) mass is 303 g/mol. The molecule has 0 spiro atoms. The van der Waals surface area contributed by atoms with Crippen LogP contribution in [-0.2, 0) is 0 Å². The van der Waals surface area contributed by atoms with Gasteiger partial charge in [0.2, 0.25) is 0 Å². The van der Waals surface area contributed by atoms with Crippen molar-refractivity contribution in [2.45, 2.75) is 39.7 Å². The van der Waals surface area contributed by atoms with Crippen molar-refractivity contribution >= 4 is 33.2 Å². The topological polar surface area (TPSA) is 12.0 Å². The Kier molecular flexibility index (Phi) is 5.63. The molecule has 16 heavy (non-hydrogen) atoms. The fourth-order valence-electron chi connectivity index (χ4n) is 1.53. The van der Waals surface area contributed by atoms with E-state index in [1.165, 1.54) is 12.8 Å². The van der Waals surface area contributed by atoms with Gasteiger partial charge in [0.25, 0.3) is 0 Å². The molecule has 0 saturated heterocycles. The Morgan fingerprint density at radius 2 is 1.94 bits per heavy atom. The molecule has 0 fully saturated rings. The Balaban J connectivity index is 2.55. The molecule has 1 atom stereocenters. The lowest BCUT2D eigenvalue weighted by atomic mass is 10.0. The maximum absolute atomic E-state index is 6.12. The number of hydrogen-bond donors (Lipinski definition) is 1. The van der Waals surface area contributed by atoms with Gasteiger partial charge in [-0.3, -0.25) is 0 Å². The summed E-state index contributed by atoms with van der Waals surface area (Å²) in [5.41, 5.74) is 1.01. The number of nitrogens with one attached hydrogen (secondary N) is 1. The highest BCUT2D eigenvalue weighted by Crippen LogP contribution is 2.26. The van der Waals surface area contributed by atoms with Crippen LogP contribution in [-0.4, -0.2) is 6.04 Å². The smallest absolute Gasteiger partial charge is 0.0638 e. The second kappa shape index (κ2) is 6.51. The van der Waals surface area contributed by atoms with Gasteiger partial charge in [0.1, 0.15) is 0 Å². The zero-order valence-electron chi connectivity index (χ0n) is 10.1. The van der Waals surface area contributed by atoms with E-state index in [-0.39, 0.29) is 0 Å². The Bertz CT molecular complexity index is 339. The number of rotatable bonds is 5. The van der Waals surface area contributed by atoms with Gasteiger partial charge in [0.15, 0.2) is 0 Å². The molecule has 0 saturated carbocycles. The zero-order valence-corrected chi connectivity index (χ0v) is 12.4. The van der Waals surface area contributed by atoms with Gasteiger partial charge in [-0.2, -0.15) is 0 Å². The third-order valence-electron chi connectivity index (χ3n) is 2.51. The normalized spacial score (nSPS) is 12.9. The van der Waals surface area contributed by atoms with E-state index in [9.17, 15) is 0 Å². The summed E-state index contributed by atoms with van der Waals surface area (Å²) >= 11 is 9.57. The van der Waals surface area contributed by atoms with Gasteiger partial charge in [-0.25, -0.2) is 0 Å². The summed E-state index contributed by atoms with van der Waals surface area (Å²) in [6.45, 7) is 6.69. The molecule has 1 aromatic rings. The molecule has 1 N–H and O–H groups in total. The van der Waals surface area contributed by atoms with Gasteiger partial charge < -0.3 is 5.32 Å². The van der Waals surface area contributed by atoms with Crippen LogP contribution in [0.1, 0.15) is 33.6 Å². The van der Waals surface area contributed by atoms with Crippen LogP contribution >= 0.6 is 27.5 Å². The third-order valence-corrected chi connectivity index (χ3v) is 3.33. The first-order chi connectivity index (χ1) is 7.49. The molecule has 0 aliphatic carbocycles. The molecule has 0 radical (unpaired) electrons. The number of halogens is 2. The van der Waals surface area contributed by atoms with E-state index >= 15 is 0 Å². The summed E-state index contributed by atoms with van der Waals surface area (Å²) in [6.07, 6.45) is 2.40. The Morgan fingerprint density at radius 3 is 2.56 bits per heavy atom. The number of anilines is 1. The van der Waals surface area contributed by atoms with Crippen LogP contribution in [0.25, 0.3) is 0 Å². The van der Waals surface area contributed by atoms with Crippen LogP contribution in [0.15, 0.2) is 22.7 Å². The molecule has 1 unspecified atom stereocenters. The SMILES string of the molecule is CC(C)CCC(C)Nc1cc(Br)ccc1Cl. The van der Waals surface area contributed by atoms with Crippen molar-refractivity contribution in [2.75, 3.05) is 5.32 Å². The molecule has 0 aromatic heterocycles. The predicted molar refractivity (Wildman–Crippen MR) is 76.3 cm³/mol. The van der Waals surface area contributed by atoms with Crippen molar-refractivity contribution in [3.05, 3.63) is 27.7 Å². The molecule has 0 aliphatic rings. The minimum absolute atomic E-state index is 0.453. The zero-order chi connectivity index (χ0) is 12.1. The summed E-state index contributed by atoms with van der Waals surface area (Å²) in [5, 5.41) is 4.22. The van der Waals surface area contributed by atoms with E-state index in [4.69, 9.17) is 11.6 Å². The maximum Gasteiger partial charge on any atom is 0.0638 e. The average molecular weight is 305 g/mol. The summed E-state index contributed by atoms with van der Waals surface area (Å²) in [5.74, 6) is 0.752. The number of benzene rings is 1. The summed E-state index contributed by atoms with van der Waals surface area (Å²) in [6, 6.07) is 6.33. The highest BCUT2D eigenvalue weighted by Gasteiger charge is 2.06. The van der Waals surface area contributed by atoms with Crippen molar-refractivity contribution in [1.29, 1.82) is 0 Å². The molecule has 3 heteroatoms. The lowest BCUT2D eigenvalue weighted by molar-refractivity contribution is 0.528. The van der Waals surface area contributed by atoms with Crippen molar-refractivity contribution in [3.63, 3.8) is 0 Å². The van der Waals surface area contributed by atoms with E-state index in [0.717, 1.165) is 21.1 Å². The van der Waals surface area contributed by atoms with Gasteiger partial charge in [0.05, 0.1) is 10.7 Å². The average Bonchev–Trinajstić information content (AvgIpc) is 2.20. The van der Waals surface area contributed by atoms with Gasteiger partial charge >= 0.3 is 0 Å². The van der Waals surface area contributed by atoms with Gasteiger partial charge in [-0.05, 0) is 43.9 Å². The first-order valence-electron chi connectivity index (χ1n) is 5.70. The molecule has 1 aromatic carbocycles. The van der Waals surface area contributed by atoms with Crippen molar-refractivity contribution < 1.29 is 0 Å². The fourth-order valence-corrected chi connectivity index (χ4v) is 2.06. The van der Waals surface area contributed by atoms with Gasteiger partial charge in [-0.15, -0.1) is 0 Å². The molecular formula is C13H19BrClN. The molecular weight excluding hydrogens is 286 g/mol. The fraction of sp³-hybridized carbons (Fsp3) is 0.538. The molecule has 0 heterocycles. The lowest BCUT2D eigenvalue weighted by Crippen LogP contribution is -2.16. The summed E-state index contributed by atoms with van der Waals surface area (Å²) in [4.78, 5) is 0. The van der Waals surface area contributed by atoms with Gasteiger partial charge in [-0.1, -0.05) is 41.4 Å². The molecule has 1 rings (SSSR count). The Labute approximate surface area is 112 Å². The van der Waals surface area contributed by atoms with E-state index in [2.05, 4.69) is 42.0 Å². The second-order valence-corrected chi connectivity index (χ2v) is 5.96. The van der Waals surface area contributed by atoms with Crippen LogP contribution in [0, 0.1) is 5.92 Å². The standard InChI is InChI=1S/C13H19BrClN/c1-9(2)4-5-10(3)16-13-8-11(14)6-7-12(13)15/h6-10,16H,4-5H2,1-3H3. The molecule has 0 bridgehead atoms. The van der Waals surface area contributed by atoms with E-state index < -0.39 is 0 Å². The van der Waals surface area contributed by atoms with E-state index in [1.54, 1.807) is 0 Å². The number of hydrogen-bond acceptors (Lipinski definition) is 1. The van der Waals surface area contributed by atoms with Crippen molar-refractivity contribution in [3.8, 4) is 0 Å². The van der Waals surface area contributed by atoms with Crippen LogP contribution in [0.2, 0.25) is 5.02 Å². The van der Waals surface area contributed by atoms with E-state index in [0.29, 0.717) is 6.04 Å². The quantitative estimate of drug-likeness (QED) is 0.774. The first kappa shape index (κ1) is 13.9. The van der Waals surface area contributed by atoms with Crippen LogP contribution in [0.5, 0.6) is 0 Å². The summed E-state index contributed by atoms with van der Waals surface area (Å²) < 4.78 is 1.05. The minimum Gasteiger partial charge on any atom is -0.381 e. The van der Waals surface area contributed by atoms with Crippen LogP contribution in [0.3, 0.4) is 0 Å². The maximum atomic E-state index is 6.12. The van der Waals surface area contributed by atoms with Crippen molar-refractivity contribution in [2.24, 2.45) is 5.92 Å². The Hall–Kier alpha value is -0.210. The minimum atomic E-state index is 0.453. The Morgan fingerprint density at radius 1 is 1.25 bits per heavy atom. The van der Waals surface area contributed by atoms with Crippen LogP contribution < -0.4 is 5.32 Å². The van der Waals surface area contributed by atoms with Crippen molar-refractivity contribution in [1.82, 2.24) is 0 Å². The highest BCUT2D eigenvalue weighted by molar-refractivity contribution is 9.10. The molecule has 0 aliphatic heterocycles. The van der Waals surface area contributed by atoms with Crippen LogP contribution in [0.4, 0.5) is 5.69 Å². The largest absolute Gasteiger partial charge is 0.381 e. The molecule has 0 amide bonds. The van der Waals surface area contributed by atoms with E-state index in [1.807, 2.05) is 18.2 Å².